The Kier molecular flexibility index (Phi) is 6.32. The zero-order valence-corrected chi connectivity index (χ0v) is 18.0. The van der Waals surface area contributed by atoms with Crippen molar-refractivity contribution in [3.63, 3.8) is 0 Å². The molecule has 1 aliphatic heterocycles. The number of alkyl halides is 4. The molecule has 172 valence electrons. The van der Waals surface area contributed by atoms with Crippen LogP contribution in [-0.4, -0.2) is 34.7 Å². The minimum absolute atomic E-state index is 0.0215. The first kappa shape index (κ1) is 22.4. The van der Waals surface area contributed by atoms with Gasteiger partial charge in [-0.05, 0) is 42.5 Å². The Morgan fingerprint density at radius 2 is 1.75 bits per heavy atom. The van der Waals surface area contributed by atoms with Gasteiger partial charge in [0.1, 0.15) is 0 Å². The van der Waals surface area contributed by atoms with Gasteiger partial charge in [0.15, 0.2) is 0 Å². The average Bonchev–Trinajstić information content (AvgIpc) is 3.05. The van der Waals surface area contributed by atoms with E-state index in [1.54, 1.807) is 11.0 Å². The van der Waals surface area contributed by atoms with Gasteiger partial charge in [-0.2, -0.15) is 27.5 Å². The van der Waals surface area contributed by atoms with E-state index >= 15 is 0 Å². The first-order valence-electron chi connectivity index (χ1n) is 10.1. The van der Waals surface area contributed by atoms with Gasteiger partial charge >= 0.3 is 13.2 Å². The van der Waals surface area contributed by atoms with E-state index in [0.717, 1.165) is 28.2 Å². The molecule has 1 unspecified atom stereocenters. The Hall–Kier alpha value is -2.75. The molecule has 4 rings (SSSR count). The molecule has 1 atom stereocenters. The molecule has 0 aliphatic carbocycles. The smallest absolute Gasteiger partial charge is 0.388 e. The number of anilines is 1. The van der Waals surface area contributed by atoms with E-state index in [-0.39, 0.29) is 17.9 Å². The van der Waals surface area contributed by atoms with E-state index in [1.165, 1.54) is 0 Å². The normalized spacial score (nSPS) is 16.3. The Morgan fingerprint density at radius 3 is 2.34 bits per heavy atom. The fourth-order valence-corrected chi connectivity index (χ4v) is 4.27. The van der Waals surface area contributed by atoms with Crippen LogP contribution in [0, 0.1) is 5.92 Å². The van der Waals surface area contributed by atoms with Crippen molar-refractivity contribution in [2.75, 3.05) is 11.4 Å². The number of hydrogen-bond donors (Lipinski definition) is 1. The van der Waals surface area contributed by atoms with Gasteiger partial charge in [0.2, 0.25) is 17.7 Å². The maximum Gasteiger partial charge on any atom is 0.388 e. The van der Waals surface area contributed by atoms with Gasteiger partial charge in [0.05, 0.1) is 12.1 Å². The molecule has 0 amide bonds. The fourth-order valence-electron chi connectivity index (χ4n) is 4.09. The molecule has 0 saturated heterocycles. The zero-order chi connectivity index (χ0) is 23.0. The molecule has 3 aromatic rings. The average molecular weight is 473 g/mol. The summed E-state index contributed by atoms with van der Waals surface area (Å²) in [6.45, 7) is -1.80. The molecule has 11 heteroatoms. The summed E-state index contributed by atoms with van der Waals surface area (Å²) in [5, 5.41) is 1.63. The maximum atomic E-state index is 12.8. The number of nitrogens with zero attached hydrogens (tertiary/aromatic N) is 3. The van der Waals surface area contributed by atoms with Crippen LogP contribution < -0.4 is 14.4 Å². The summed E-state index contributed by atoms with van der Waals surface area (Å²) in [5.41, 5.74) is 2.96. The molecule has 0 spiro atoms. The van der Waals surface area contributed by atoms with Crippen molar-refractivity contribution in [1.29, 1.82) is 0 Å². The molecule has 1 aromatic carbocycles. The number of rotatable bonds is 7. The number of aromatic amines is 1. The van der Waals surface area contributed by atoms with Crippen LogP contribution in [0.1, 0.15) is 37.6 Å². The summed E-state index contributed by atoms with van der Waals surface area (Å²) >= 11 is 6.19. The van der Waals surface area contributed by atoms with Crippen LogP contribution in [0.3, 0.4) is 0 Å². The van der Waals surface area contributed by atoms with Gasteiger partial charge < -0.3 is 19.4 Å². The highest BCUT2D eigenvalue weighted by Crippen LogP contribution is 2.40. The first-order valence-corrected chi connectivity index (χ1v) is 10.4. The molecule has 0 radical (unpaired) electrons. The lowest BCUT2D eigenvalue weighted by Gasteiger charge is -2.37. The summed E-state index contributed by atoms with van der Waals surface area (Å²) in [4.78, 5) is 13.3. The lowest BCUT2D eigenvalue weighted by molar-refractivity contribution is -0.0580. The summed E-state index contributed by atoms with van der Waals surface area (Å²) < 4.78 is 59.8. The van der Waals surface area contributed by atoms with Crippen molar-refractivity contribution in [1.82, 2.24) is 15.0 Å². The van der Waals surface area contributed by atoms with Gasteiger partial charge in [-0.25, -0.2) is 0 Å². The maximum absolute atomic E-state index is 12.8. The van der Waals surface area contributed by atoms with Crippen molar-refractivity contribution >= 4 is 28.5 Å². The summed E-state index contributed by atoms with van der Waals surface area (Å²) in [7, 11) is 0. The van der Waals surface area contributed by atoms with E-state index in [4.69, 9.17) is 11.6 Å². The molecule has 2 aromatic heterocycles. The molecule has 1 aliphatic rings. The molecule has 0 saturated carbocycles. The lowest BCUT2D eigenvalue weighted by Crippen LogP contribution is -2.37. The summed E-state index contributed by atoms with van der Waals surface area (Å²) in [6, 6.07) is 6.17. The third-order valence-electron chi connectivity index (χ3n) is 5.25. The fraction of sp³-hybridized carbons (Fsp3) is 0.429. The quantitative estimate of drug-likeness (QED) is 0.430. The highest BCUT2D eigenvalue weighted by atomic mass is 35.5. The Morgan fingerprint density at radius 1 is 1.09 bits per heavy atom. The van der Waals surface area contributed by atoms with Crippen molar-refractivity contribution in [2.24, 2.45) is 5.92 Å². The zero-order valence-electron chi connectivity index (χ0n) is 17.3. The highest BCUT2D eigenvalue weighted by Gasteiger charge is 2.33. The third kappa shape index (κ3) is 4.69. The molecular formula is C21H21ClF4N4O2. The molecule has 1 N–H and O–H groups in total. The highest BCUT2D eigenvalue weighted by molar-refractivity contribution is 6.31. The molecule has 6 nitrogen and oxygen atoms in total. The standard InChI is InChI=1S/C21H21ClF4N4O2/c1-10(2)7-15-18-12(13-8-11(22)3-4-14(13)27-18)5-6-30(15)21-28-16(31-19(23)24)9-17(29-21)32-20(25)26/h3-4,8-10,15,19-20,27H,5-7H2,1-2H3. The van der Waals surface area contributed by atoms with Crippen molar-refractivity contribution in [3.8, 4) is 11.8 Å². The number of H-pyrrole nitrogens is 1. The number of hydrogen-bond acceptors (Lipinski definition) is 5. The second-order valence-electron chi connectivity index (χ2n) is 7.90. The topological polar surface area (TPSA) is 63.3 Å². The van der Waals surface area contributed by atoms with Gasteiger partial charge in [-0.3, -0.25) is 0 Å². The van der Waals surface area contributed by atoms with E-state index in [9.17, 15) is 17.6 Å². The molecule has 3 heterocycles. The number of halogens is 5. The number of benzene rings is 1. The van der Waals surface area contributed by atoms with Crippen LogP contribution in [0.5, 0.6) is 11.8 Å². The minimum atomic E-state index is -3.17. The number of ether oxygens (including phenoxy) is 2. The molecular weight excluding hydrogens is 452 g/mol. The van der Waals surface area contributed by atoms with Crippen LogP contribution >= 0.6 is 11.6 Å². The van der Waals surface area contributed by atoms with Crippen LogP contribution in [0.2, 0.25) is 5.02 Å². The first-order chi connectivity index (χ1) is 15.2. The van der Waals surface area contributed by atoms with E-state index in [2.05, 4.69) is 38.3 Å². The Balaban J connectivity index is 1.79. The van der Waals surface area contributed by atoms with Gasteiger partial charge in [-0.1, -0.05) is 25.4 Å². The van der Waals surface area contributed by atoms with Crippen LogP contribution in [0.15, 0.2) is 24.3 Å². The van der Waals surface area contributed by atoms with Crippen LogP contribution in [0.25, 0.3) is 10.9 Å². The van der Waals surface area contributed by atoms with Crippen molar-refractivity contribution in [2.45, 2.75) is 46.0 Å². The summed E-state index contributed by atoms with van der Waals surface area (Å²) in [6.07, 6.45) is 1.28. The number of fused-ring (bicyclic) bond motifs is 3. The van der Waals surface area contributed by atoms with Crippen molar-refractivity contribution in [3.05, 3.63) is 40.5 Å². The number of nitrogens with one attached hydrogen (secondary N) is 1. The van der Waals surface area contributed by atoms with E-state index in [1.807, 2.05) is 12.1 Å². The van der Waals surface area contributed by atoms with E-state index in [0.29, 0.717) is 24.4 Å². The lowest BCUT2D eigenvalue weighted by atomic mass is 9.92. The van der Waals surface area contributed by atoms with Crippen molar-refractivity contribution < 1.29 is 27.0 Å². The van der Waals surface area contributed by atoms with Gasteiger partial charge in [0.25, 0.3) is 0 Å². The van der Waals surface area contributed by atoms with Gasteiger partial charge in [0, 0.05) is 28.2 Å². The Bertz CT molecular complexity index is 1080. The SMILES string of the molecule is CC(C)CC1c2[nH]c3ccc(Cl)cc3c2CCN1c1nc(OC(F)F)cc(OC(F)F)n1. The third-order valence-corrected chi connectivity index (χ3v) is 5.49. The molecule has 0 fully saturated rings. The predicted octanol–water partition coefficient (Wildman–Crippen LogP) is 5.96. The van der Waals surface area contributed by atoms with Gasteiger partial charge in [-0.15, -0.1) is 0 Å². The molecule has 32 heavy (non-hydrogen) atoms. The largest absolute Gasteiger partial charge is 0.417 e. The predicted molar refractivity (Wildman–Crippen MR) is 112 cm³/mol. The molecule has 0 bridgehead atoms. The van der Waals surface area contributed by atoms with E-state index < -0.39 is 25.0 Å². The Labute approximate surface area is 186 Å². The summed E-state index contributed by atoms with van der Waals surface area (Å²) in [5.74, 6) is -0.844. The van der Waals surface area contributed by atoms with Crippen LogP contribution in [0.4, 0.5) is 23.5 Å². The minimum Gasteiger partial charge on any atom is -0.417 e. The monoisotopic (exact) mass is 472 g/mol. The van der Waals surface area contributed by atoms with Crippen LogP contribution in [-0.2, 0) is 6.42 Å². The second-order valence-corrected chi connectivity index (χ2v) is 8.33. The number of aromatic nitrogens is 3. The second kappa shape index (κ2) is 9.01.